The molecule has 0 spiro atoms. The summed E-state index contributed by atoms with van der Waals surface area (Å²) in [5.74, 6) is -7.73. The van der Waals surface area contributed by atoms with Crippen molar-refractivity contribution < 1.29 is 84.5 Å². The number of nitrogens with zero attached hydrogens (tertiary/aromatic N) is 8. The van der Waals surface area contributed by atoms with Crippen LogP contribution >= 0.6 is 23.5 Å². The van der Waals surface area contributed by atoms with Crippen molar-refractivity contribution in [1.29, 1.82) is 0 Å². The number of aromatic nitrogens is 4. The van der Waals surface area contributed by atoms with E-state index in [-0.39, 0.29) is 44.2 Å². The van der Waals surface area contributed by atoms with Crippen LogP contribution in [0.3, 0.4) is 0 Å². The first-order chi connectivity index (χ1) is 56.7. The Hall–Kier alpha value is -7.92. The predicted octanol–water partition coefficient (Wildman–Crippen LogP) is 14.7. The van der Waals surface area contributed by atoms with E-state index in [0.29, 0.717) is 74.5 Å². The molecule has 12 nitrogen and oxygen atoms in total. The highest BCUT2D eigenvalue weighted by Gasteiger charge is 2.33. The third-order valence-electron chi connectivity index (χ3n) is 14.4. The molecule has 22 heteroatoms. The van der Waals surface area contributed by atoms with E-state index in [1.165, 1.54) is 33.7 Å². The summed E-state index contributed by atoms with van der Waals surface area (Å²) < 4.78 is 361. The summed E-state index contributed by atoms with van der Waals surface area (Å²) in [6, 6.07) is 0.332. The lowest BCUT2D eigenvalue weighted by Crippen LogP contribution is -2.40. The Morgan fingerprint density at radius 2 is 1.14 bits per heavy atom. The molecule has 0 bridgehead atoms. The van der Waals surface area contributed by atoms with Crippen LogP contribution in [0, 0.1) is 17.5 Å². The quantitative estimate of drug-likeness (QED) is 0.0295. The van der Waals surface area contributed by atoms with Crippen molar-refractivity contribution in [2.75, 3.05) is 52.2 Å². The van der Waals surface area contributed by atoms with E-state index in [1.54, 1.807) is 36.4 Å². The van der Waals surface area contributed by atoms with Gasteiger partial charge in [-0.1, -0.05) is 155 Å². The van der Waals surface area contributed by atoms with E-state index in [2.05, 4.69) is 14.9 Å². The average Bonchev–Trinajstić information content (AvgIpc) is 1.52. The highest BCUT2D eigenvalue weighted by molar-refractivity contribution is 7.98. The van der Waals surface area contributed by atoms with Crippen LogP contribution in [-0.4, -0.2) is 103 Å². The molecule has 502 valence electrons. The highest BCUT2D eigenvalue weighted by Crippen LogP contribution is 2.35. The third kappa shape index (κ3) is 19.2. The molecule has 2 heterocycles. The molecule has 0 aliphatic heterocycles. The van der Waals surface area contributed by atoms with Crippen molar-refractivity contribution in [2.45, 2.75) is 127 Å². The number of rotatable bonds is 26. The zero-order chi connectivity index (χ0) is 93.7. The number of hydrogen-bond donors (Lipinski definition) is 0. The van der Waals surface area contributed by atoms with Gasteiger partial charge in [-0.15, -0.1) is 0 Å². The molecule has 2 aromatic heterocycles. The third-order valence-corrected chi connectivity index (χ3v) is 16.2. The van der Waals surface area contributed by atoms with Gasteiger partial charge in [0.15, 0.2) is 10.3 Å². The monoisotopic (exact) mass is 1380 g/mol. The second-order valence-corrected chi connectivity index (χ2v) is 22.4. The Labute approximate surface area is 598 Å². The number of alkyl halides is 6. The van der Waals surface area contributed by atoms with Gasteiger partial charge in [0, 0.05) is 91.0 Å². The van der Waals surface area contributed by atoms with Crippen molar-refractivity contribution in [3.8, 4) is 22.3 Å². The zero-order valence-corrected chi connectivity index (χ0v) is 52.9. The van der Waals surface area contributed by atoms with Gasteiger partial charge >= 0.3 is 12.4 Å². The van der Waals surface area contributed by atoms with E-state index in [9.17, 15) is 55.0 Å². The molecule has 8 aromatic rings. The van der Waals surface area contributed by atoms with Crippen LogP contribution in [0.1, 0.15) is 137 Å². The van der Waals surface area contributed by atoms with Gasteiger partial charge in [0.25, 0.3) is 11.1 Å². The lowest BCUT2D eigenvalue weighted by Gasteiger charge is -2.28. The van der Waals surface area contributed by atoms with Gasteiger partial charge in [-0.3, -0.25) is 19.2 Å². The van der Waals surface area contributed by atoms with Crippen LogP contribution in [0.25, 0.3) is 22.3 Å². The average molecular weight is 1380 g/mol. The number of amides is 2. The Bertz CT molecular complexity index is 5500. The molecule has 0 radical (unpaired) electrons. The first-order valence-corrected chi connectivity index (χ1v) is 30.8. The summed E-state index contributed by atoms with van der Waals surface area (Å²) >= 11 is 0.707. The van der Waals surface area contributed by atoms with Gasteiger partial charge in [0.2, 0.25) is 11.8 Å². The molecule has 1 unspecified atom stereocenters. The van der Waals surface area contributed by atoms with E-state index in [0.717, 1.165) is 42.5 Å². The number of benzene rings is 6. The fourth-order valence-electron chi connectivity index (χ4n) is 9.43. The molecule has 0 fully saturated rings. The van der Waals surface area contributed by atoms with Crippen molar-refractivity contribution in [3.05, 3.63) is 234 Å². The number of carbonyl (C=O) groups is 2. The minimum atomic E-state index is -5.48. The van der Waals surface area contributed by atoms with Crippen LogP contribution in [0.2, 0.25) is 0 Å². The highest BCUT2D eigenvalue weighted by atomic mass is 32.2. The fraction of sp³-hybridized carbons (Fsp3) is 0.370. The van der Waals surface area contributed by atoms with E-state index in [1.807, 2.05) is 13.8 Å². The number of likely N-dealkylation sites (N-methyl/N-ethyl adjacent to an activating group) is 2. The Morgan fingerprint density at radius 1 is 0.579 bits per heavy atom. The number of carbonyl (C=O) groups excluding carboxylic acids is 2. The second kappa shape index (κ2) is 32.7. The zero-order valence-electron chi connectivity index (χ0n) is 80.3. The molecule has 0 saturated heterocycles. The first kappa shape index (κ1) is 41.9. The Morgan fingerprint density at radius 3 is 1.74 bits per heavy atom. The molecule has 2 amide bonds. The molecule has 10 rings (SSSR count). The molecule has 2 aliphatic carbocycles. The van der Waals surface area contributed by atoms with E-state index in [4.69, 9.17) is 34.3 Å². The summed E-state index contributed by atoms with van der Waals surface area (Å²) in [7, 11) is 0. The smallest absolute Gasteiger partial charge is 0.336 e. The number of thioether (sulfide) groups is 2. The first-order valence-electron chi connectivity index (χ1n) is 43.5. The number of hydrogen-bond acceptors (Lipinski definition) is 10. The summed E-state index contributed by atoms with van der Waals surface area (Å²) in [6.07, 6.45) is -15.3. The van der Waals surface area contributed by atoms with Gasteiger partial charge in [0.05, 0.1) is 33.1 Å². The maximum absolute atomic E-state index is 15.2. The SMILES string of the molecule is [2H]C([2H])(C(=O)N(CCN(CC)CC)Cc1ccc(-c2ccc(C(F)(F)F)cc2)cc1)n1c(SCc2ccc(F)cc2)nc(=O)c2c1CCC2.[2H]c1c([2H])c(C([2H])([2H])Sc2nc(=O)c3c(n2CC(=O)N(Cc2c([2H])c([2H])c(-c4c([2H])c([2H])c(C(F)(F)F)c([2H])c4[2H])c([2H])c2[2H])C([2H])([2H])C([2H])([2H])N(C([2H])([2H])C)C([2H])([2H])C)C([2H])([2H])C([2H])(C)C3([2H])[2H])c([2H])c([2H])c1F. The summed E-state index contributed by atoms with van der Waals surface area (Å²) in [6.45, 7) is -13.1. The van der Waals surface area contributed by atoms with Crippen LogP contribution in [-0.2, 0) is 85.1 Å². The largest absolute Gasteiger partial charge is 0.416 e. The Kier molecular flexibility index (Phi) is 14.4. The molecular formula is C73H78F8N8O4S2. The standard InChI is InChI=1S/C37H40F4N4O2S.C36H38F4N4O2S/c1-4-43(5-2)18-19-44(22-26-6-10-28(11-7-26)29-12-14-30(15-13-29)37(39,40)41)34(46)23-45-33-21-25(3)20-32(33)35(47)42-36(45)48-24-27-8-16-31(38)17-9-27;1-3-42(4-2)20-21-43(22-25-8-12-27(13-9-25)28-14-16-29(17-15-28)36(38,39)40)33(45)23-44-32-7-5-6-31(32)34(46)41-35(44)47-24-26-10-18-30(37)19-11-26/h6-17,25H,4-5,18-24H2,1-3H3;8-19H,3-7,20-24H2,1-2H3/i4D2,5D2,6D,7D,8D,9D,10D,11D,12D,13D,14D,15D,16D,17D,18D2,19D2,20D2,21D2,24D2,25D;23D2. The predicted molar refractivity (Wildman–Crippen MR) is 358 cm³/mol. The van der Waals surface area contributed by atoms with Crippen LogP contribution < -0.4 is 11.1 Å². The van der Waals surface area contributed by atoms with Crippen molar-refractivity contribution in [3.63, 3.8) is 0 Å². The van der Waals surface area contributed by atoms with Gasteiger partial charge < -0.3 is 28.7 Å². The second-order valence-electron chi connectivity index (χ2n) is 20.7. The van der Waals surface area contributed by atoms with Crippen molar-refractivity contribution in [2.24, 2.45) is 5.89 Å². The number of halogens is 8. The molecule has 6 aromatic carbocycles. The van der Waals surface area contributed by atoms with Gasteiger partial charge in [0.1, 0.15) is 24.7 Å². The molecule has 0 N–H and O–H groups in total. The molecule has 95 heavy (non-hydrogen) atoms. The van der Waals surface area contributed by atoms with Gasteiger partial charge in [-0.2, -0.15) is 36.3 Å². The molecule has 2 aliphatic rings. The molecule has 1 atom stereocenters. The van der Waals surface area contributed by atoms with Crippen molar-refractivity contribution >= 4 is 35.3 Å². The normalized spacial score (nSPS) is 20.8. The summed E-state index contributed by atoms with van der Waals surface area (Å²) in [4.78, 5) is 67.2. The molecule has 0 saturated carbocycles. The maximum atomic E-state index is 15.2. The van der Waals surface area contributed by atoms with Gasteiger partial charge in [-0.25, -0.2) is 8.78 Å². The lowest BCUT2D eigenvalue weighted by molar-refractivity contribution is -0.138. The summed E-state index contributed by atoms with van der Waals surface area (Å²) in [5, 5.41) is -1.18. The minimum Gasteiger partial charge on any atom is -0.336 e. The van der Waals surface area contributed by atoms with Crippen LogP contribution in [0.5, 0.6) is 0 Å². The number of fused-ring (bicyclic) bond motifs is 2. The summed E-state index contributed by atoms with van der Waals surface area (Å²) in [5.41, 5.74) is -12.2. The lowest BCUT2D eigenvalue weighted by atomic mass is 10.0. The minimum absolute atomic E-state index is 0.0814. The van der Waals surface area contributed by atoms with Gasteiger partial charge in [-0.05, 0) is 157 Å². The van der Waals surface area contributed by atoms with E-state index >= 15 is 4.79 Å². The van der Waals surface area contributed by atoms with Crippen LogP contribution in [0.4, 0.5) is 35.1 Å². The van der Waals surface area contributed by atoms with Crippen LogP contribution in [0.15, 0.2) is 165 Å². The maximum Gasteiger partial charge on any atom is 0.416 e. The van der Waals surface area contributed by atoms with Crippen molar-refractivity contribution in [1.82, 2.24) is 38.7 Å². The topological polar surface area (TPSA) is 117 Å². The Balaban J connectivity index is 0.000000306. The molecular weight excluding hydrogens is 1270 g/mol. The fourth-order valence-corrected chi connectivity index (χ4v) is 11.0. The van der Waals surface area contributed by atoms with E-state index < -0.39 is 245 Å².